The second-order valence-electron chi connectivity index (χ2n) is 4.60. The summed E-state index contributed by atoms with van der Waals surface area (Å²) in [6, 6.07) is 2.01. The van der Waals surface area contributed by atoms with E-state index >= 15 is 0 Å². The molecule has 0 atom stereocenters. The molecule has 4 heteroatoms. The van der Waals surface area contributed by atoms with E-state index in [9.17, 15) is 0 Å². The molecule has 0 saturated heterocycles. The fourth-order valence-corrected chi connectivity index (χ4v) is 1.65. The number of aryl methyl sites for hydroxylation is 2. The summed E-state index contributed by atoms with van der Waals surface area (Å²) in [5.41, 5.74) is 1.03. The Morgan fingerprint density at radius 2 is 2.00 bits per heavy atom. The Balaban J connectivity index is 2.33. The summed E-state index contributed by atoms with van der Waals surface area (Å²) in [6.07, 6.45) is 3.27. The van der Waals surface area contributed by atoms with Crippen molar-refractivity contribution >= 4 is 5.82 Å². The number of aromatic nitrogens is 2. The van der Waals surface area contributed by atoms with Crippen LogP contribution in [0, 0.1) is 6.92 Å². The Morgan fingerprint density at radius 1 is 1.24 bits per heavy atom. The number of nitrogens with one attached hydrogen (secondary N) is 1. The van der Waals surface area contributed by atoms with Gasteiger partial charge in [0.1, 0.15) is 11.6 Å². The highest BCUT2D eigenvalue weighted by Gasteiger charge is 2.00. The van der Waals surface area contributed by atoms with Crippen molar-refractivity contribution in [3.8, 4) is 0 Å². The highest BCUT2D eigenvalue weighted by Crippen LogP contribution is 2.06. The smallest absolute Gasteiger partial charge is 0.130 e. The van der Waals surface area contributed by atoms with Gasteiger partial charge in [-0.2, -0.15) is 0 Å². The summed E-state index contributed by atoms with van der Waals surface area (Å²) in [4.78, 5) is 11.0. The van der Waals surface area contributed by atoms with Crippen LogP contribution >= 0.6 is 0 Å². The van der Waals surface area contributed by atoms with Crippen LogP contribution in [0.15, 0.2) is 6.07 Å². The quantitative estimate of drug-likeness (QED) is 0.736. The summed E-state index contributed by atoms with van der Waals surface area (Å²) < 4.78 is 0. The Kier molecular flexibility index (Phi) is 5.91. The zero-order valence-electron chi connectivity index (χ0n) is 11.5. The Bertz CT molecular complexity index is 336. The van der Waals surface area contributed by atoms with Gasteiger partial charge in [0, 0.05) is 24.7 Å². The van der Waals surface area contributed by atoms with Crippen molar-refractivity contribution in [3.05, 3.63) is 17.6 Å². The average molecular weight is 236 g/mol. The zero-order chi connectivity index (χ0) is 12.7. The fourth-order valence-electron chi connectivity index (χ4n) is 1.65. The Morgan fingerprint density at radius 3 is 2.65 bits per heavy atom. The third kappa shape index (κ3) is 5.63. The standard InChI is InChI=1S/C13H24N4/c1-5-12-15-11(2)10-13(16-12)14-8-6-7-9-17(3)4/h10H,5-9H2,1-4H3,(H,14,15,16). The van der Waals surface area contributed by atoms with Gasteiger partial charge in [-0.25, -0.2) is 9.97 Å². The molecule has 0 unspecified atom stereocenters. The molecule has 1 rings (SSSR count). The van der Waals surface area contributed by atoms with Crippen LogP contribution in [0.5, 0.6) is 0 Å². The van der Waals surface area contributed by atoms with Crippen LogP contribution in [0.1, 0.15) is 31.3 Å². The normalized spacial score (nSPS) is 10.9. The van der Waals surface area contributed by atoms with Crippen molar-refractivity contribution in [2.24, 2.45) is 0 Å². The van der Waals surface area contributed by atoms with E-state index in [0.717, 1.165) is 36.8 Å². The van der Waals surface area contributed by atoms with E-state index in [-0.39, 0.29) is 0 Å². The van der Waals surface area contributed by atoms with Crippen molar-refractivity contribution in [1.29, 1.82) is 0 Å². The third-order valence-electron chi connectivity index (χ3n) is 2.55. The van der Waals surface area contributed by atoms with E-state index in [4.69, 9.17) is 0 Å². The van der Waals surface area contributed by atoms with Crippen LogP contribution in [0.4, 0.5) is 5.82 Å². The first-order valence-corrected chi connectivity index (χ1v) is 6.35. The molecule has 96 valence electrons. The van der Waals surface area contributed by atoms with Gasteiger partial charge in [0.15, 0.2) is 0 Å². The lowest BCUT2D eigenvalue weighted by Crippen LogP contribution is -2.14. The first-order chi connectivity index (χ1) is 8.11. The van der Waals surface area contributed by atoms with E-state index in [1.807, 2.05) is 13.0 Å². The predicted molar refractivity (Wildman–Crippen MR) is 72.4 cm³/mol. The van der Waals surface area contributed by atoms with Crippen molar-refractivity contribution in [3.63, 3.8) is 0 Å². The maximum Gasteiger partial charge on any atom is 0.130 e. The molecule has 1 heterocycles. The number of rotatable bonds is 7. The molecule has 0 spiro atoms. The van der Waals surface area contributed by atoms with Crippen molar-refractivity contribution in [2.45, 2.75) is 33.1 Å². The van der Waals surface area contributed by atoms with Crippen molar-refractivity contribution < 1.29 is 0 Å². The molecule has 1 aromatic rings. The molecule has 4 nitrogen and oxygen atoms in total. The topological polar surface area (TPSA) is 41.1 Å². The van der Waals surface area contributed by atoms with Crippen LogP contribution in [0.25, 0.3) is 0 Å². The first kappa shape index (κ1) is 13.9. The second kappa shape index (κ2) is 7.22. The van der Waals surface area contributed by atoms with Gasteiger partial charge in [-0.05, 0) is 40.4 Å². The summed E-state index contributed by atoms with van der Waals surface area (Å²) in [7, 11) is 4.21. The first-order valence-electron chi connectivity index (χ1n) is 6.35. The molecule has 1 aromatic heterocycles. The SMILES string of the molecule is CCc1nc(C)cc(NCCCCN(C)C)n1. The van der Waals surface area contributed by atoms with Gasteiger partial charge in [-0.3, -0.25) is 0 Å². The van der Waals surface area contributed by atoms with Crippen LogP contribution < -0.4 is 5.32 Å². The molecule has 0 radical (unpaired) electrons. The lowest BCUT2D eigenvalue weighted by Gasteiger charge is -2.10. The van der Waals surface area contributed by atoms with E-state index in [0.29, 0.717) is 0 Å². The monoisotopic (exact) mass is 236 g/mol. The number of hydrogen-bond acceptors (Lipinski definition) is 4. The molecule has 0 bridgehead atoms. The molecule has 0 aliphatic heterocycles. The van der Waals surface area contributed by atoms with Gasteiger partial charge >= 0.3 is 0 Å². The van der Waals surface area contributed by atoms with Crippen LogP contribution in [-0.2, 0) is 6.42 Å². The van der Waals surface area contributed by atoms with Gasteiger partial charge in [0.25, 0.3) is 0 Å². The zero-order valence-corrected chi connectivity index (χ0v) is 11.5. The van der Waals surface area contributed by atoms with E-state index in [2.05, 4.69) is 41.2 Å². The fraction of sp³-hybridized carbons (Fsp3) is 0.692. The predicted octanol–water partition coefficient (Wildman–Crippen LogP) is 2.10. The lowest BCUT2D eigenvalue weighted by molar-refractivity contribution is 0.396. The highest BCUT2D eigenvalue weighted by atomic mass is 15.1. The molecule has 0 aromatic carbocycles. The number of nitrogens with zero attached hydrogens (tertiary/aromatic N) is 3. The van der Waals surface area contributed by atoms with Crippen LogP contribution in [-0.4, -0.2) is 42.1 Å². The van der Waals surface area contributed by atoms with Gasteiger partial charge in [-0.15, -0.1) is 0 Å². The van der Waals surface area contributed by atoms with Crippen LogP contribution in [0.3, 0.4) is 0 Å². The maximum atomic E-state index is 4.45. The summed E-state index contributed by atoms with van der Waals surface area (Å²) in [6.45, 7) is 6.21. The molecule has 17 heavy (non-hydrogen) atoms. The second-order valence-corrected chi connectivity index (χ2v) is 4.60. The summed E-state index contributed by atoms with van der Waals surface area (Å²) in [5.74, 6) is 1.87. The van der Waals surface area contributed by atoms with E-state index in [1.54, 1.807) is 0 Å². The number of anilines is 1. The molecule has 1 N–H and O–H groups in total. The van der Waals surface area contributed by atoms with Gasteiger partial charge in [-0.1, -0.05) is 6.92 Å². The van der Waals surface area contributed by atoms with Crippen molar-refractivity contribution in [1.82, 2.24) is 14.9 Å². The molecule has 0 saturated carbocycles. The molecular formula is C13H24N4. The largest absolute Gasteiger partial charge is 0.370 e. The lowest BCUT2D eigenvalue weighted by atomic mass is 10.3. The minimum Gasteiger partial charge on any atom is -0.370 e. The summed E-state index contributed by atoms with van der Waals surface area (Å²) in [5, 5.41) is 3.36. The molecule has 0 aliphatic carbocycles. The average Bonchev–Trinajstić information content (AvgIpc) is 2.27. The molecule has 0 fully saturated rings. The summed E-state index contributed by atoms with van der Waals surface area (Å²) >= 11 is 0. The highest BCUT2D eigenvalue weighted by molar-refractivity contribution is 5.35. The minimum absolute atomic E-state index is 0.886. The van der Waals surface area contributed by atoms with Gasteiger partial charge < -0.3 is 10.2 Å². The molecular weight excluding hydrogens is 212 g/mol. The van der Waals surface area contributed by atoms with Gasteiger partial charge in [0.2, 0.25) is 0 Å². The van der Waals surface area contributed by atoms with E-state index < -0.39 is 0 Å². The molecule has 0 amide bonds. The maximum absolute atomic E-state index is 4.45. The van der Waals surface area contributed by atoms with E-state index in [1.165, 1.54) is 12.8 Å². The minimum atomic E-state index is 0.886. The Hall–Kier alpha value is -1.16. The van der Waals surface area contributed by atoms with Crippen LogP contribution in [0.2, 0.25) is 0 Å². The number of hydrogen-bond donors (Lipinski definition) is 1. The van der Waals surface area contributed by atoms with Crippen molar-refractivity contribution in [2.75, 3.05) is 32.5 Å². The Labute approximate surface area is 104 Å². The molecule has 0 aliphatic rings. The number of unbranched alkanes of at least 4 members (excludes halogenated alkanes) is 1. The third-order valence-corrected chi connectivity index (χ3v) is 2.55. The van der Waals surface area contributed by atoms with Gasteiger partial charge in [0.05, 0.1) is 0 Å².